The Morgan fingerprint density at radius 3 is 2.95 bits per heavy atom. The van der Waals surface area contributed by atoms with E-state index in [0.717, 1.165) is 6.07 Å². The molecule has 2 aromatic rings. The first-order chi connectivity index (χ1) is 9.61. The number of carbonyl (C=O) groups is 1. The predicted octanol–water partition coefficient (Wildman–Crippen LogP) is 1.72. The molecule has 0 aliphatic rings. The minimum Gasteiger partial charge on any atom is -0.384 e. The first kappa shape index (κ1) is 13.8. The normalized spacial score (nSPS) is 9.75. The molecule has 0 fully saturated rings. The van der Waals surface area contributed by atoms with Gasteiger partial charge >= 0.3 is 0 Å². The number of benzene rings is 1. The lowest BCUT2D eigenvalue weighted by Gasteiger charge is -2.04. The zero-order valence-electron chi connectivity index (χ0n) is 10.6. The molecule has 102 valence electrons. The van der Waals surface area contributed by atoms with Crippen LogP contribution in [0.5, 0.6) is 0 Å². The second-order valence-electron chi connectivity index (χ2n) is 3.90. The van der Waals surface area contributed by atoms with Crippen molar-refractivity contribution in [2.45, 2.75) is 6.92 Å². The van der Waals surface area contributed by atoms with E-state index in [-0.39, 0.29) is 17.7 Å². The fourth-order valence-electron chi connectivity index (χ4n) is 1.54. The third kappa shape index (κ3) is 3.02. The van der Waals surface area contributed by atoms with Crippen molar-refractivity contribution < 1.29 is 18.8 Å². The Morgan fingerprint density at radius 1 is 1.55 bits per heavy atom. The van der Waals surface area contributed by atoms with Gasteiger partial charge in [0.2, 0.25) is 0 Å². The van der Waals surface area contributed by atoms with Gasteiger partial charge in [-0.05, 0) is 25.1 Å². The van der Waals surface area contributed by atoms with Gasteiger partial charge < -0.3 is 14.9 Å². The standard InChI is InChI=1S/C14H11FN2O3/c1-9-12(8-16-20-9)14(19)17-11-5-4-10(3-2-6-18)13(15)7-11/h4-5,7-8,18H,6H2,1H3,(H,17,19). The molecular weight excluding hydrogens is 263 g/mol. The molecule has 1 aromatic heterocycles. The van der Waals surface area contributed by atoms with Crippen LogP contribution in [0.1, 0.15) is 21.7 Å². The summed E-state index contributed by atoms with van der Waals surface area (Å²) in [5.74, 6) is 4.19. The number of aliphatic hydroxyl groups is 1. The summed E-state index contributed by atoms with van der Waals surface area (Å²) in [7, 11) is 0. The van der Waals surface area contributed by atoms with E-state index in [9.17, 15) is 9.18 Å². The van der Waals surface area contributed by atoms with Crippen molar-refractivity contribution in [3.8, 4) is 11.8 Å². The van der Waals surface area contributed by atoms with Crippen LogP contribution in [0, 0.1) is 24.6 Å². The number of aryl methyl sites for hydroxylation is 1. The number of aliphatic hydroxyl groups excluding tert-OH is 1. The Bertz CT molecular complexity index is 698. The molecule has 2 N–H and O–H groups in total. The molecule has 0 saturated carbocycles. The maximum absolute atomic E-state index is 13.7. The van der Waals surface area contributed by atoms with Gasteiger partial charge in [-0.2, -0.15) is 0 Å². The van der Waals surface area contributed by atoms with E-state index in [4.69, 9.17) is 9.63 Å². The Kier molecular flexibility index (Phi) is 4.13. The number of anilines is 1. The average Bonchev–Trinajstić information content (AvgIpc) is 2.84. The number of nitrogens with one attached hydrogen (secondary N) is 1. The van der Waals surface area contributed by atoms with E-state index in [1.54, 1.807) is 6.92 Å². The van der Waals surface area contributed by atoms with Crippen LogP contribution in [0.3, 0.4) is 0 Å². The molecule has 0 saturated heterocycles. The molecule has 0 atom stereocenters. The van der Waals surface area contributed by atoms with Crippen molar-refractivity contribution in [1.29, 1.82) is 0 Å². The van der Waals surface area contributed by atoms with E-state index in [1.165, 1.54) is 18.3 Å². The maximum atomic E-state index is 13.7. The molecule has 2 rings (SSSR count). The summed E-state index contributed by atoms with van der Waals surface area (Å²) in [4.78, 5) is 11.9. The summed E-state index contributed by atoms with van der Waals surface area (Å²) in [6, 6.07) is 4.10. The Hall–Kier alpha value is -2.65. The third-order valence-corrected chi connectivity index (χ3v) is 2.52. The van der Waals surface area contributed by atoms with E-state index in [2.05, 4.69) is 22.3 Å². The molecule has 6 heteroatoms. The second kappa shape index (κ2) is 5.99. The fourth-order valence-corrected chi connectivity index (χ4v) is 1.54. The van der Waals surface area contributed by atoms with Crippen LogP contribution in [0.25, 0.3) is 0 Å². The van der Waals surface area contributed by atoms with Gasteiger partial charge in [0.05, 0.1) is 11.8 Å². The van der Waals surface area contributed by atoms with Crippen molar-refractivity contribution in [3.05, 3.63) is 47.1 Å². The van der Waals surface area contributed by atoms with Crippen molar-refractivity contribution >= 4 is 11.6 Å². The smallest absolute Gasteiger partial charge is 0.260 e. The van der Waals surface area contributed by atoms with Crippen LogP contribution in [-0.2, 0) is 0 Å². The lowest BCUT2D eigenvalue weighted by molar-refractivity contribution is 0.102. The van der Waals surface area contributed by atoms with Gasteiger partial charge in [0, 0.05) is 5.69 Å². The molecular formula is C14H11FN2O3. The highest BCUT2D eigenvalue weighted by molar-refractivity contribution is 6.04. The minimum absolute atomic E-state index is 0.151. The van der Waals surface area contributed by atoms with Crippen molar-refractivity contribution in [2.75, 3.05) is 11.9 Å². The zero-order chi connectivity index (χ0) is 14.5. The van der Waals surface area contributed by atoms with Crippen LogP contribution in [0.15, 0.2) is 28.9 Å². The summed E-state index contributed by atoms with van der Waals surface area (Å²) < 4.78 is 18.5. The van der Waals surface area contributed by atoms with Crippen LogP contribution in [0.4, 0.5) is 10.1 Å². The van der Waals surface area contributed by atoms with Crippen molar-refractivity contribution in [2.24, 2.45) is 0 Å². The van der Waals surface area contributed by atoms with Gasteiger partial charge in [-0.25, -0.2) is 4.39 Å². The molecule has 1 amide bonds. The summed E-state index contributed by atoms with van der Waals surface area (Å²) in [5, 5.41) is 14.6. The average molecular weight is 274 g/mol. The molecule has 1 heterocycles. The van der Waals surface area contributed by atoms with Gasteiger partial charge in [0.25, 0.3) is 5.91 Å². The largest absolute Gasteiger partial charge is 0.384 e. The van der Waals surface area contributed by atoms with E-state index in [1.807, 2.05) is 0 Å². The highest BCUT2D eigenvalue weighted by Gasteiger charge is 2.13. The molecule has 0 unspecified atom stereocenters. The van der Waals surface area contributed by atoms with Crippen molar-refractivity contribution in [3.63, 3.8) is 0 Å². The van der Waals surface area contributed by atoms with Gasteiger partial charge in [0.15, 0.2) is 0 Å². The third-order valence-electron chi connectivity index (χ3n) is 2.52. The van der Waals surface area contributed by atoms with Crippen molar-refractivity contribution in [1.82, 2.24) is 5.16 Å². The van der Waals surface area contributed by atoms with Gasteiger partial charge in [-0.15, -0.1) is 0 Å². The molecule has 0 aliphatic carbocycles. The lowest BCUT2D eigenvalue weighted by atomic mass is 10.2. The van der Waals surface area contributed by atoms with E-state index in [0.29, 0.717) is 11.4 Å². The number of rotatable bonds is 2. The Balaban J connectivity index is 2.17. The minimum atomic E-state index is -0.578. The van der Waals surface area contributed by atoms with Gasteiger partial charge in [0.1, 0.15) is 23.7 Å². The number of amides is 1. The SMILES string of the molecule is Cc1oncc1C(=O)Nc1ccc(C#CCO)c(F)c1. The first-order valence-electron chi connectivity index (χ1n) is 5.73. The summed E-state index contributed by atoms with van der Waals surface area (Å²) in [6.45, 7) is 1.26. The number of aromatic nitrogens is 1. The number of hydrogen-bond acceptors (Lipinski definition) is 4. The Morgan fingerprint density at radius 2 is 2.35 bits per heavy atom. The molecule has 0 bridgehead atoms. The fraction of sp³-hybridized carbons (Fsp3) is 0.143. The maximum Gasteiger partial charge on any atom is 0.260 e. The second-order valence-corrected chi connectivity index (χ2v) is 3.90. The Labute approximate surface area is 114 Å². The molecule has 0 spiro atoms. The van der Waals surface area contributed by atoms with E-state index >= 15 is 0 Å². The topological polar surface area (TPSA) is 75.4 Å². The molecule has 5 nitrogen and oxygen atoms in total. The molecule has 1 aromatic carbocycles. The highest BCUT2D eigenvalue weighted by Crippen LogP contribution is 2.16. The molecule has 0 radical (unpaired) electrons. The molecule has 0 aliphatic heterocycles. The number of hydrogen-bond donors (Lipinski definition) is 2. The summed E-state index contributed by atoms with van der Waals surface area (Å²) in [5.41, 5.74) is 0.732. The van der Waals surface area contributed by atoms with Crippen LogP contribution in [-0.4, -0.2) is 22.8 Å². The number of nitrogens with zero attached hydrogens (tertiary/aromatic N) is 1. The summed E-state index contributed by atoms with van der Waals surface area (Å²) >= 11 is 0. The van der Waals surface area contributed by atoms with Gasteiger partial charge in [-0.3, -0.25) is 4.79 Å². The van der Waals surface area contributed by atoms with Crippen LogP contribution < -0.4 is 5.32 Å². The van der Waals surface area contributed by atoms with Crippen LogP contribution in [0.2, 0.25) is 0 Å². The quantitative estimate of drug-likeness (QED) is 0.818. The van der Waals surface area contributed by atoms with Gasteiger partial charge in [-0.1, -0.05) is 17.0 Å². The zero-order valence-corrected chi connectivity index (χ0v) is 10.6. The number of carbonyl (C=O) groups excluding carboxylic acids is 1. The molecule has 20 heavy (non-hydrogen) atoms. The summed E-state index contributed by atoms with van der Waals surface area (Å²) in [6.07, 6.45) is 1.29. The number of halogens is 1. The lowest BCUT2D eigenvalue weighted by Crippen LogP contribution is -2.12. The van der Waals surface area contributed by atoms with Crippen LogP contribution >= 0.6 is 0 Å². The predicted molar refractivity (Wildman–Crippen MR) is 69.6 cm³/mol. The van der Waals surface area contributed by atoms with E-state index < -0.39 is 11.7 Å². The highest BCUT2D eigenvalue weighted by atomic mass is 19.1. The monoisotopic (exact) mass is 274 g/mol. The first-order valence-corrected chi connectivity index (χ1v) is 5.73.